The lowest BCUT2D eigenvalue weighted by Crippen LogP contribution is -2.26. The number of carbonyl (C=O) groups excluding carboxylic acids is 1. The molecule has 2 aromatic heterocycles. The summed E-state index contributed by atoms with van der Waals surface area (Å²) in [5.74, 6) is -1.41. The van der Waals surface area contributed by atoms with Crippen molar-refractivity contribution in [3.63, 3.8) is 0 Å². The average molecular weight is 271 g/mol. The second-order valence-corrected chi connectivity index (χ2v) is 4.06. The third-order valence-corrected chi connectivity index (χ3v) is 2.64. The average Bonchev–Trinajstić information content (AvgIpc) is 2.48. The Morgan fingerprint density at radius 2 is 2.00 bits per heavy atom. The zero-order chi connectivity index (χ0) is 14.4. The third-order valence-electron chi connectivity index (χ3n) is 2.64. The van der Waals surface area contributed by atoms with Crippen molar-refractivity contribution < 1.29 is 14.7 Å². The highest BCUT2D eigenvalue weighted by atomic mass is 16.4. The van der Waals surface area contributed by atoms with Gasteiger partial charge in [0.15, 0.2) is 0 Å². The van der Waals surface area contributed by atoms with Crippen molar-refractivity contribution in [3.05, 3.63) is 59.7 Å². The van der Waals surface area contributed by atoms with Crippen molar-refractivity contribution in [1.29, 1.82) is 0 Å². The van der Waals surface area contributed by atoms with E-state index in [9.17, 15) is 9.59 Å². The molecule has 2 N–H and O–H groups in total. The number of rotatable bonds is 5. The molecule has 6 nitrogen and oxygen atoms in total. The number of carboxylic acids is 1. The largest absolute Gasteiger partial charge is 0.478 e. The number of pyridine rings is 2. The molecule has 1 amide bonds. The topological polar surface area (TPSA) is 92.2 Å². The molecule has 0 aliphatic carbocycles. The number of nitrogens with zero attached hydrogens (tertiary/aromatic N) is 2. The van der Waals surface area contributed by atoms with Crippen LogP contribution in [0.5, 0.6) is 0 Å². The first kappa shape index (κ1) is 13.7. The van der Waals surface area contributed by atoms with Crippen LogP contribution in [0, 0.1) is 0 Å². The Bertz CT molecular complexity index is 597. The van der Waals surface area contributed by atoms with E-state index >= 15 is 0 Å². The maximum Gasteiger partial charge on any atom is 0.337 e. The van der Waals surface area contributed by atoms with E-state index in [2.05, 4.69) is 15.3 Å². The van der Waals surface area contributed by atoms with Gasteiger partial charge in [0.2, 0.25) is 0 Å². The summed E-state index contributed by atoms with van der Waals surface area (Å²) < 4.78 is 0. The Hall–Kier alpha value is -2.76. The standard InChI is InChI=1S/C14H13N3O3/c18-13(12-5-4-10(9-17-12)14(19)20)16-8-6-11-3-1-2-7-15-11/h1-5,7,9H,6,8H2,(H,16,18)(H,19,20). The molecular weight excluding hydrogens is 258 g/mol. The lowest BCUT2D eigenvalue weighted by Gasteiger charge is -2.04. The Kier molecular flexibility index (Phi) is 4.39. The number of carbonyl (C=O) groups is 2. The van der Waals surface area contributed by atoms with Crippen LogP contribution >= 0.6 is 0 Å². The van der Waals surface area contributed by atoms with Crippen molar-refractivity contribution in [1.82, 2.24) is 15.3 Å². The molecule has 2 rings (SSSR count). The van der Waals surface area contributed by atoms with Gasteiger partial charge in [-0.15, -0.1) is 0 Å². The first-order valence-electron chi connectivity index (χ1n) is 6.04. The maximum atomic E-state index is 11.8. The molecule has 0 saturated heterocycles. The summed E-state index contributed by atoms with van der Waals surface area (Å²) in [5, 5.41) is 11.4. The lowest BCUT2D eigenvalue weighted by atomic mass is 10.2. The van der Waals surface area contributed by atoms with Gasteiger partial charge in [-0.1, -0.05) is 6.07 Å². The monoisotopic (exact) mass is 271 g/mol. The fourth-order valence-electron chi connectivity index (χ4n) is 1.60. The van der Waals surface area contributed by atoms with Gasteiger partial charge in [0.1, 0.15) is 5.69 Å². The molecule has 0 aliphatic rings. The number of carboxylic acid groups (broad SMARTS) is 1. The number of aromatic nitrogens is 2. The molecule has 0 radical (unpaired) electrons. The molecular formula is C14H13N3O3. The summed E-state index contributed by atoms with van der Waals surface area (Å²) in [6, 6.07) is 8.33. The first-order valence-corrected chi connectivity index (χ1v) is 6.04. The first-order chi connectivity index (χ1) is 9.66. The molecule has 20 heavy (non-hydrogen) atoms. The SMILES string of the molecule is O=C(O)c1ccc(C(=O)NCCc2ccccn2)nc1. The molecule has 0 aliphatic heterocycles. The summed E-state index contributed by atoms with van der Waals surface area (Å²) in [7, 11) is 0. The van der Waals surface area contributed by atoms with Crippen LogP contribution in [0.1, 0.15) is 26.5 Å². The summed E-state index contributed by atoms with van der Waals surface area (Å²) in [6.45, 7) is 0.443. The molecule has 0 fully saturated rings. The normalized spacial score (nSPS) is 10.0. The van der Waals surface area contributed by atoms with Crippen LogP contribution in [-0.2, 0) is 6.42 Å². The quantitative estimate of drug-likeness (QED) is 0.851. The van der Waals surface area contributed by atoms with E-state index in [1.807, 2.05) is 18.2 Å². The van der Waals surface area contributed by atoms with E-state index in [1.54, 1.807) is 6.20 Å². The molecule has 0 unspecified atom stereocenters. The Morgan fingerprint density at radius 1 is 1.15 bits per heavy atom. The van der Waals surface area contributed by atoms with E-state index in [-0.39, 0.29) is 17.2 Å². The highest BCUT2D eigenvalue weighted by molar-refractivity contribution is 5.93. The molecule has 0 aromatic carbocycles. The van der Waals surface area contributed by atoms with Crippen LogP contribution in [-0.4, -0.2) is 33.5 Å². The lowest BCUT2D eigenvalue weighted by molar-refractivity contribution is 0.0695. The number of hydrogen-bond acceptors (Lipinski definition) is 4. The molecule has 2 heterocycles. The molecule has 0 bridgehead atoms. The van der Waals surface area contributed by atoms with Crippen molar-refractivity contribution in [3.8, 4) is 0 Å². The van der Waals surface area contributed by atoms with Crippen LogP contribution < -0.4 is 5.32 Å². The van der Waals surface area contributed by atoms with Crippen LogP contribution in [0.3, 0.4) is 0 Å². The number of nitrogens with one attached hydrogen (secondary N) is 1. The van der Waals surface area contributed by atoms with Crippen molar-refractivity contribution in [2.75, 3.05) is 6.54 Å². The minimum absolute atomic E-state index is 0.0510. The predicted molar refractivity (Wildman–Crippen MR) is 71.5 cm³/mol. The zero-order valence-electron chi connectivity index (χ0n) is 10.6. The van der Waals surface area contributed by atoms with Crippen LogP contribution in [0.4, 0.5) is 0 Å². The van der Waals surface area contributed by atoms with Gasteiger partial charge in [0.25, 0.3) is 5.91 Å². The molecule has 102 valence electrons. The number of amides is 1. The van der Waals surface area contributed by atoms with Crippen LogP contribution in [0.25, 0.3) is 0 Å². The van der Waals surface area contributed by atoms with Gasteiger partial charge in [-0.25, -0.2) is 4.79 Å². The van der Waals surface area contributed by atoms with Crippen molar-refractivity contribution >= 4 is 11.9 Å². The van der Waals surface area contributed by atoms with Gasteiger partial charge in [-0.3, -0.25) is 14.8 Å². The number of aromatic carboxylic acids is 1. The Labute approximate surface area is 115 Å². The van der Waals surface area contributed by atoms with E-state index in [4.69, 9.17) is 5.11 Å². The van der Waals surface area contributed by atoms with Crippen LogP contribution in [0.15, 0.2) is 42.7 Å². The summed E-state index contributed by atoms with van der Waals surface area (Å²) in [4.78, 5) is 30.4. The second kappa shape index (κ2) is 6.42. The maximum absolute atomic E-state index is 11.8. The molecule has 2 aromatic rings. The predicted octanol–water partition coefficient (Wildman–Crippen LogP) is 1.15. The number of hydrogen-bond donors (Lipinski definition) is 2. The summed E-state index contributed by atoms with van der Waals surface area (Å²) >= 11 is 0. The molecule has 6 heteroatoms. The summed E-state index contributed by atoms with van der Waals surface area (Å²) in [6.07, 6.45) is 3.49. The zero-order valence-corrected chi connectivity index (χ0v) is 10.6. The minimum Gasteiger partial charge on any atom is -0.478 e. The van der Waals surface area contributed by atoms with Crippen molar-refractivity contribution in [2.24, 2.45) is 0 Å². The van der Waals surface area contributed by atoms with E-state index in [0.717, 1.165) is 11.9 Å². The third kappa shape index (κ3) is 3.61. The van der Waals surface area contributed by atoms with E-state index < -0.39 is 5.97 Å². The fraction of sp³-hybridized carbons (Fsp3) is 0.143. The Morgan fingerprint density at radius 3 is 2.60 bits per heavy atom. The van der Waals surface area contributed by atoms with Gasteiger partial charge in [0.05, 0.1) is 5.56 Å². The molecule has 0 spiro atoms. The molecule has 0 saturated carbocycles. The van der Waals surface area contributed by atoms with Gasteiger partial charge in [-0.2, -0.15) is 0 Å². The van der Waals surface area contributed by atoms with Crippen LogP contribution in [0.2, 0.25) is 0 Å². The Balaban J connectivity index is 1.87. The van der Waals surface area contributed by atoms with E-state index in [1.165, 1.54) is 12.1 Å². The fourth-order valence-corrected chi connectivity index (χ4v) is 1.60. The van der Waals surface area contributed by atoms with Gasteiger partial charge in [0, 0.05) is 31.1 Å². The van der Waals surface area contributed by atoms with E-state index in [0.29, 0.717) is 13.0 Å². The smallest absolute Gasteiger partial charge is 0.337 e. The van der Waals surface area contributed by atoms with Crippen molar-refractivity contribution in [2.45, 2.75) is 6.42 Å². The summed E-state index contributed by atoms with van der Waals surface area (Å²) in [5.41, 5.74) is 1.13. The molecule has 0 atom stereocenters. The second-order valence-electron chi connectivity index (χ2n) is 4.06. The minimum atomic E-state index is -1.07. The van der Waals surface area contributed by atoms with Gasteiger partial charge in [-0.05, 0) is 24.3 Å². The highest BCUT2D eigenvalue weighted by Gasteiger charge is 2.08. The van der Waals surface area contributed by atoms with Gasteiger partial charge >= 0.3 is 5.97 Å². The highest BCUT2D eigenvalue weighted by Crippen LogP contribution is 2.00. The van der Waals surface area contributed by atoms with Gasteiger partial charge < -0.3 is 10.4 Å².